The quantitative estimate of drug-likeness (QED) is 0.342. The third-order valence-electron chi connectivity index (χ3n) is 5.08. The molecule has 0 aliphatic carbocycles. The van der Waals surface area contributed by atoms with E-state index in [0.717, 1.165) is 37.6 Å². The zero-order chi connectivity index (χ0) is 20.4. The van der Waals surface area contributed by atoms with Crippen molar-refractivity contribution < 1.29 is 14.1 Å². The molecule has 1 aliphatic heterocycles. The molecule has 29 heavy (non-hydrogen) atoms. The molecular formula is C20H22N4O4S. The lowest BCUT2D eigenvalue weighted by atomic mass is 10.2. The van der Waals surface area contributed by atoms with Crippen LogP contribution in [0.15, 0.2) is 46.9 Å². The van der Waals surface area contributed by atoms with E-state index in [1.807, 2.05) is 29.7 Å². The van der Waals surface area contributed by atoms with Crippen LogP contribution < -0.4 is 9.64 Å². The van der Waals surface area contributed by atoms with Crippen LogP contribution in [0.5, 0.6) is 5.75 Å². The Hall–Kier alpha value is -2.91. The predicted octanol–water partition coefficient (Wildman–Crippen LogP) is 4.05. The van der Waals surface area contributed by atoms with Gasteiger partial charge < -0.3 is 14.1 Å². The Morgan fingerprint density at radius 3 is 2.66 bits per heavy atom. The summed E-state index contributed by atoms with van der Waals surface area (Å²) in [7, 11) is 0. The minimum atomic E-state index is -0.408. The van der Waals surface area contributed by atoms with Crippen LogP contribution in [0.1, 0.15) is 6.92 Å². The standard InChI is InChI=1S/C20H22N4O4S/c1-2-27-18-6-4-3-5-16(18)22-11-9-21(10-12-22)14-23-17-13-15(24(25)26)7-8-19(17)28-20(23)29/h3-8,13H,2,9-12,14H2,1H3. The van der Waals surface area contributed by atoms with Crippen molar-refractivity contribution in [2.24, 2.45) is 0 Å². The molecule has 1 saturated heterocycles. The third kappa shape index (κ3) is 3.96. The van der Waals surface area contributed by atoms with Gasteiger partial charge in [-0.15, -0.1) is 0 Å². The molecule has 1 aromatic heterocycles. The summed E-state index contributed by atoms with van der Waals surface area (Å²) in [5.74, 6) is 0.902. The van der Waals surface area contributed by atoms with Crippen molar-refractivity contribution in [1.29, 1.82) is 0 Å². The molecule has 0 unspecified atom stereocenters. The fourth-order valence-electron chi connectivity index (χ4n) is 3.62. The average molecular weight is 414 g/mol. The highest BCUT2D eigenvalue weighted by Gasteiger charge is 2.21. The first kappa shape index (κ1) is 19.4. The maximum atomic E-state index is 11.1. The lowest BCUT2D eigenvalue weighted by Crippen LogP contribution is -2.46. The molecule has 0 N–H and O–H groups in total. The number of fused-ring (bicyclic) bond motifs is 1. The number of oxazole rings is 1. The molecule has 4 rings (SSSR count). The molecule has 3 aromatic rings. The molecule has 0 saturated carbocycles. The fraction of sp³-hybridized carbons (Fsp3) is 0.350. The van der Waals surface area contributed by atoms with Crippen LogP contribution in [0.25, 0.3) is 11.1 Å². The number of hydrogen-bond donors (Lipinski definition) is 0. The Bertz CT molecular complexity index is 1090. The van der Waals surface area contributed by atoms with Crippen molar-refractivity contribution in [3.8, 4) is 5.75 Å². The summed E-state index contributed by atoms with van der Waals surface area (Å²) in [5.41, 5.74) is 2.34. The maximum Gasteiger partial charge on any atom is 0.271 e. The number of hydrogen-bond acceptors (Lipinski definition) is 7. The number of nitro benzene ring substituents is 1. The number of non-ortho nitro benzene ring substituents is 1. The van der Waals surface area contributed by atoms with Gasteiger partial charge in [-0.25, -0.2) is 0 Å². The summed E-state index contributed by atoms with van der Waals surface area (Å²) >= 11 is 5.35. The number of piperazine rings is 1. The van der Waals surface area contributed by atoms with Gasteiger partial charge in [-0.3, -0.25) is 19.6 Å². The molecule has 1 fully saturated rings. The van der Waals surface area contributed by atoms with E-state index in [-0.39, 0.29) is 5.69 Å². The van der Waals surface area contributed by atoms with Crippen molar-refractivity contribution in [2.45, 2.75) is 13.6 Å². The highest BCUT2D eigenvalue weighted by atomic mass is 32.1. The highest BCUT2D eigenvalue weighted by Crippen LogP contribution is 2.29. The van der Waals surface area contributed by atoms with Gasteiger partial charge in [0, 0.05) is 38.3 Å². The summed E-state index contributed by atoms with van der Waals surface area (Å²) in [6.07, 6.45) is 0. The van der Waals surface area contributed by atoms with Crippen LogP contribution in [-0.2, 0) is 6.67 Å². The second-order valence-electron chi connectivity index (χ2n) is 6.85. The SMILES string of the molecule is CCOc1ccccc1N1CCN(Cn2c(=S)oc3ccc([N+](=O)[O-])cc32)CC1. The summed E-state index contributed by atoms with van der Waals surface area (Å²) in [6, 6.07) is 12.6. The first-order chi connectivity index (χ1) is 14.1. The molecule has 152 valence electrons. The lowest BCUT2D eigenvalue weighted by Gasteiger charge is -2.36. The van der Waals surface area contributed by atoms with Crippen LogP contribution >= 0.6 is 12.2 Å². The Balaban J connectivity index is 1.49. The topological polar surface area (TPSA) is 76.9 Å². The van der Waals surface area contributed by atoms with Crippen LogP contribution in [0.2, 0.25) is 0 Å². The number of benzene rings is 2. The Morgan fingerprint density at radius 2 is 1.93 bits per heavy atom. The summed E-state index contributed by atoms with van der Waals surface area (Å²) in [5, 5.41) is 11.1. The molecule has 8 nitrogen and oxygen atoms in total. The van der Waals surface area contributed by atoms with E-state index in [1.54, 1.807) is 6.07 Å². The van der Waals surface area contributed by atoms with E-state index in [9.17, 15) is 10.1 Å². The van der Waals surface area contributed by atoms with Gasteiger partial charge in [-0.05, 0) is 37.3 Å². The molecular weight excluding hydrogens is 392 g/mol. The van der Waals surface area contributed by atoms with Crippen LogP contribution in [0.3, 0.4) is 0 Å². The number of rotatable bonds is 6. The molecule has 0 bridgehead atoms. The van der Waals surface area contributed by atoms with Crippen molar-refractivity contribution in [3.05, 3.63) is 57.4 Å². The second kappa shape index (κ2) is 8.22. The van der Waals surface area contributed by atoms with E-state index in [0.29, 0.717) is 29.2 Å². The number of para-hydroxylation sites is 2. The first-order valence-corrected chi connectivity index (χ1v) is 9.94. The largest absolute Gasteiger partial charge is 0.492 e. The number of nitro groups is 1. The zero-order valence-corrected chi connectivity index (χ0v) is 16.9. The minimum Gasteiger partial charge on any atom is -0.492 e. The molecule has 0 radical (unpaired) electrons. The maximum absolute atomic E-state index is 11.1. The van der Waals surface area contributed by atoms with Crippen molar-refractivity contribution in [2.75, 3.05) is 37.7 Å². The average Bonchev–Trinajstić information content (AvgIpc) is 3.04. The molecule has 9 heteroatoms. The number of aromatic nitrogens is 1. The van der Waals surface area contributed by atoms with E-state index in [4.69, 9.17) is 21.4 Å². The van der Waals surface area contributed by atoms with Gasteiger partial charge in [-0.1, -0.05) is 12.1 Å². The Morgan fingerprint density at radius 1 is 1.17 bits per heavy atom. The van der Waals surface area contributed by atoms with E-state index < -0.39 is 4.92 Å². The van der Waals surface area contributed by atoms with Crippen molar-refractivity contribution in [3.63, 3.8) is 0 Å². The molecule has 2 aromatic carbocycles. The number of anilines is 1. The van der Waals surface area contributed by atoms with Crippen LogP contribution in [0.4, 0.5) is 11.4 Å². The van der Waals surface area contributed by atoms with Gasteiger partial charge in [0.15, 0.2) is 5.58 Å². The lowest BCUT2D eigenvalue weighted by molar-refractivity contribution is -0.384. The molecule has 1 aliphatic rings. The van der Waals surface area contributed by atoms with Gasteiger partial charge in [0.1, 0.15) is 5.75 Å². The monoisotopic (exact) mass is 414 g/mol. The zero-order valence-electron chi connectivity index (χ0n) is 16.1. The van der Waals surface area contributed by atoms with E-state index in [1.165, 1.54) is 12.1 Å². The summed E-state index contributed by atoms with van der Waals surface area (Å²) in [6.45, 7) is 6.54. The molecule has 2 heterocycles. The van der Waals surface area contributed by atoms with Gasteiger partial charge in [0.05, 0.1) is 29.4 Å². The third-order valence-corrected chi connectivity index (χ3v) is 5.39. The predicted molar refractivity (Wildman–Crippen MR) is 113 cm³/mol. The summed E-state index contributed by atoms with van der Waals surface area (Å²) in [4.78, 5) is 15.6. The minimum absolute atomic E-state index is 0.0272. The fourth-order valence-corrected chi connectivity index (χ4v) is 3.87. The number of ether oxygens (including phenoxy) is 1. The summed E-state index contributed by atoms with van der Waals surface area (Å²) < 4.78 is 13.2. The van der Waals surface area contributed by atoms with Gasteiger partial charge in [0.25, 0.3) is 10.5 Å². The Kier molecular flexibility index (Phi) is 5.50. The van der Waals surface area contributed by atoms with Crippen LogP contribution in [0, 0.1) is 15.0 Å². The first-order valence-electron chi connectivity index (χ1n) is 9.53. The van der Waals surface area contributed by atoms with Crippen molar-refractivity contribution >= 4 is 34.7 Å². The number of nitrogens with zero attached hydrogens (tertiary/aromatic N) is 4. The van der Waals surface area contributed by atoms with Crippen LogP contribution in [-0.4, -0.2) is 47.2 Å². The van der Waals surface area contributed by atoms with Crippen molar-refractivity contribution in [1.82, 2.24) is 9.47 Å². The van der Waals surface area contributed by atoms with Gasteiger partial charge in [0.2, 0.25) is 0 Å². The van der Waals surface area contributed by atoms with Gasteiger partial charge >= 0.3 is 0 Å². The molecule has 0 amide bonds. The normalized spacial score (nSPS) is 15.0. The van der Waals surface area contributed by atoms with E-state index in [2.05, 4.69) is 15.9 Å². The molecule has 0 spiro atoms. The van der Waals surface area contributed by atoms with Gasteiger partial charge in [-0.2, -0.15) is 0 Å². The van der Waals surface area contributed by atoms with E-state index >= 15 is 0 Å². The molecule has 0 atom stereocenters. The smallest absolute Gasteiger partial charge is 0.271 e. The second-order valence-corrected chi connectivity index (χ2v) is 7.20. The Labute approximate surface area is 173 Å². The highest BCUT2D eigenvalue weighted by molar-refractivity contribution is 7.71.